The van der Waals surface area contributed by atoms with Crippen LogP contribution < -0.4 is 0 Å². The molecule has 0 unspecified atom stereocenters. The summed E-state index contributed by atoms with van der Waals surface area (Å²) in [6, 6.07) is 7.17. The van der Waals surface area contributed by atoms with Crippen molar-refractivity contribution in [2.24, 2.45) is 0 Å². The minimum absolute atomic E-state index is 0.0159. The van der Waals surface area contributed by atoms with Crippen LogP contribution in [-0.2, 0) is 14.8 Å². The molecule has 0 spiro atoms. The molecule has 1 saturated heterocycles. The first-order valence-electron chi connectivity index (χ1n) is 8.72. The summed E-state index contributed by atoms with van der Waals surface area (Å²) in [5.41, 5.74) is 1.07. The van der Waals surface area contributed by atoms with E-state index in [2.05, 4.69) is 0 Å². The molecule has 0 N–H and O–H groups in total. The summed E-state index contributed by atoms with van der Waals surface area (Å²) in [6.07, 6.45) is 6.50. The number of fused-ring (bicyclic) bond motifs is 1. The highest BCUT2D eigenvalue weighted by molar-refractivity contribution is 7.89. The van der Waals surface area contributed by atoms with Gasteiger partial charge in [0.05, 0.1) is 23.1 Å². The Morgan fingerprint density at radius 2 is 1.70 bits per heavy atom. The van der Waals surface area contributed by atoms with E-state index < -0.39 is 10.0 Å². The molecule has 0 radical (unpaired) electrons. The van der Waals surface area contributed by atoms with E-state index in [9.17, 15) is 8.42 Å². The van der Waals surface area contributed by atoms with Crippen molar-refractivity contribution in [3.05, 3.63) is 29.8 Å². The molecule has 23 heavy (non-hydrogen) atoms. The second kappa shape index (κ2) is 6.91. The number of hydrogen-bond donors (Lipinski definition) is 0. The lowest BCUT2D eigenvalue weighted by Gasteiger charge is -2.44. The zero-order valence-electron chi connectivity index (χ0n) is 14.1. The largest absolute Gasteiger partial charge is 0.372 e. The van der Waals surface area contributed by atoms with E-state index in [-0.39, 0.29) is 18.2 Å². The van der Waals surface area contributed by atoms with Crippen LogP contribution in [0, 0.1) is 6.92 Å². The summed E-state index contributed by atoms with van der Waals surface area (Å²) in [7, 11) is -3.46. The summed E-state index contributed by atoms with van der Waals surface area (Å²) >= 11 is 0. The zero-order chi connectivity index (χ0) is 16.4. The van der Waals surface area contributed by atoms with Crippen molar-refractivity contribution in [1.82, 2.24) is 4.31 Å². The fraction of sp³-hybridized carbons (Fsp3) is 0.667. The van der Waals surface area contributed by atoms with Crippen molar-refractivity contribution in [2.75, 3.05) is 6.54 Å². The molecule has 0 aromatic heterocycles. The first kappa shape index (κ1) is 16.9. The van der Waals surface area contributed by atoms with Gasteiger partial charge >= 0.3 is 0 Å². The highest BCUT2D eigenvalue weighted by Crippen LogP contribution is 2.32. The summed E-state index contributed by atoms with van der Waals surface area (Å²) in [6.45, 7) is 4.40. The van der Waals surface area contributed by atoms with Crippen molar-refractivity contribution in [2.45, 2.75) is 75.5 Å². The lowest BCUT2D eigenvalue weighted by atomic mass is 9.93. The number of hydrogen-bond acceptors (Lipinski definition) is 3. The van der Waals surface area contributed by atoms with Gasteiger partial charge in [0, 0.05) is 6.54 Å². The number of benzene rings is 1. The summed E-state index contributed by atoms with van der Waals surface area (Å²) < 4.78 is 34.2. The lowest BCUT2D eigenvalue weighted by molar-refractivity contribution is -0.0941. The number of rotatable bonds is 2. The fourth-order valence-corrected chi connectivity index (χ4v) is 5.53. The van der Waals surface area contributed by atoms with E-state index in [1.807, 2.05) is 26.0 Å². The topological polar surface area (TPSA) is 46.6 Å². The van der Waals surface area contributed by atoms with Gasteiger partial charge in [-0.3, -0.25) is 0 Å². The molecular weight excluding hydrogens is 310 g/mol. The third-order valence-electron chi connectivity index (χ3n) is 5.01. The Morgan fingerprint density at radius 3 is 2.39 bits per heavy atom. The van der Waals surface area contributed by atoms with Gasteiger partial charge in [-0.2, -0.15) is 4.31 Å². The summed E-state index contributed by atoms with van der Waals surface area (Å²) in [4.78, 5) is 0.401. The van der Waals surface area contributed by atoms with Gasteiger partial charge in [0.1, 0.15) is 0 Å². The maximum absolute atomic E-state index is 13.2. The van der Waals surface area contributed by atoms with Crippen LogP contribution >= 0.6 is 0 Å². The average molecular weight is 337 g/mol. The Hall–Kier alpha value is -0.910. The fourth-order valence-electron chi connectivity index (χ4n) is 3.77. The first-order valence-corrected chi connectivity index (χ1v) is 10.2. The van der Waals surface area contributed by atoms with Crippen molar-refractivity contribution in [3.8, 4) is 0 Å². The Balaban J connectivity index is 1.92. The van der Waals surface area contributed by atoms with E-state index in [1.54, 1.807) is 16.4 Å². The third-order valence-corrected chi connectivity index (χ3v) is 6.91. The Labute approximate surface area is 139 Å². The highest BCUT2D eigenvalue weighted by Gasteiger charge is 2.41. The van der Waals surface area contributed by atoms with Gasteiger partial charge in [-0.25, -0.2) is 8.42 Å². The molecule has 1 saturated carbocycles. The van der Waals surface area contributed by atoms with Crippen LogP contribution in [0.3, 0.4) is 0 Å². The molecule has 3 rings (SSSR count). The van der Waals surface area contributed by atoms with E-state index in [0.29, 0.717) is 11.4 Å². The van der Waals surface area contributed by atoms with Crippen LogP contribution in [0.2, 0.25) is 0 Å². The van der Waals surface area contributed by atoms with Crippen molar-refractivity contribution >= 4 is 10.0 Å². The molecule has 4 nitrogen and oxygen atoms in total. The maximum Gasteiger partial charge on any atom is 0.243 e. The van der Waals surface area contributed by atoms with Crippen LogP contribution in [-0.4, -0.2) is 37.5 Å². The molecule has 1 aliphatic carbocycles. The van der Waals surface area contributed by atoms with Gasteiger partial charge in [-0.05, 0) is 38.8 Å². The average Bonchev–Trinajstić information content (AvgIpc) is 2.48. The van der Waals surface area contributed by atoms with Crippen molar-refractivity contribution in [1.29, 1.82) is 0 Å². The van der Waals surface area contributed by atoms with Crippen LogP contribution in [0.4, 0.5) is 0 Å². The van der Waals surface area contributed by atoms with Crippen LogP contribution in [0.25, 0.3) is 0 Å². The zero-order valence-corrected chi connectivity index (χ0v) is 14.9. The van der Waals surface area contributed by atoms with Crippen molar-refractivity contribution < 1.29 is 13.2 Å². The predicted octanol–water partition coefficient (Wildman–Crippen LogP) is 3.50. The lowest BCUT2D eigenvalue weighted by Crippen LogP contribution is -2.56. The second-order valence-electron chi connectivity index (χ2n) is 6.93. The quantitative estimate of drug-likeness (QED) is 0.830. The van der Waals surface area contributed by atoms with Crippen molar-refractivity contribution in [3.63, 3.8) is 0 Å². The summed E-state index contributed by atoms with van der Waals surface area (Å²) in [5, 5.41) is 0. The molecule has 0 amide bonds. The van der Waals surface area contributed by atoms with E-state index >= 15 is 0 Å². The van der Waals surface area contributed by atoms with Crippen LogP contribution in [0.1, 0.15) is 51.0 Å². The van der Waals surface area contributed by atoms with Gasteiger partial charge in [0.2, 0.25) is 10.0 Å². The Bertz CT molecular complexity index is 626. The number of nitrogens with zero attached hydrogens (tertiary/aromatic N) is 1. The summed E-state index contributed by atoms with van der Waals surface area (Å²) in [5.74, 6) is 0. The molecule has 128 valence electrons. The number of ether oxygens (including phenoxy) is 1. The SMILES string of the molecule is Cc1ccc(S(=O)(=O)N2C[C@@H](C)O[C@H]3CCCCCC[C@H]32)cc1. The number of sulfonamides is 1. The molecule has 2 fully saturated rings. The third kappa shape index (κ3) is 3.62. The maximum atomic E-state index is 13.2. The molecule has 2 aliphatic rings. The molecule has 3 atom stereocenters. The normalized spacial score (nSPS) is 30.3. The van der Waals surface area contributed by atoms with Gasteiger partial charge in [0.25, 0.3) is 0 Å². The first-order chi connectivity index (χ1) is 11.0. The van der Waals surface area contributed by atoms with Gasteiger partial charge in [-0.15, -0.1) is 0 Å². The van der Waals surface area contributed by atoms with Gasteiger partial charge in [-0.1, -0.05) is 43.4 Å². The minimum Gasteiger partial charge on any atom is -0.372 e. The predicted molar refractivity (Wildman–Crippen MR) is 90.9 cm³/mol. The van der Waals surface area contributed by atoms with E-state index in [1.165, 1.54) is 12.8 Å². The highest BCUT2D eigenvalue weighted by atomic mass is 32.2. The number of aryl methyl sites for hydroxylation is 1. The van der Waals surface area contributed by atoms with E-state index in [0.717, 1.165) is 31.2 Å². The number of morpholine rings is 1. The Kier molecular flexibility index (Phi) is 5.09. The van der Waals surface area contributed by atoms with Crippen LogP contribution in [0.15, 0.2) is 29.2 Å². The standard InChI is InChI=1S/C18H27NO3S/c1-14-9-11-16(12-10-14)23(20,21)19-13-15(2)22-18-8-6-4-3-5-7-17(18)19/h9-12,15,17-18H,3-8,13H2,1-2H3/t15-,17-,18+/m1/s1. The second-order valence-corrected chi connectivity index (χ2v) is 8.82. The smallest absolute Gasteiger partial charge is 0.243 e. The Morgan fingerprint density at radius 1 is 1.04 bits per heavy atom. The minimum atomic E-state index is -3.46. The molecule has 5 heteroatoms. The van der Waals surface area contributed by atoms with E-state index in [4.69, 9.17) is 4.74 Å². The monoisotopic (exact) mass is 337 g/mol. The molecule has 1 aromatic rings. The van der Waals surface area contributed by atoms with Crippen LogP contribution in [0.5, 0.6) is 0 Å². The molecular formula is C18H27NO3S. The van der Waals surface area contributed by atoms with Gasteiger partial charge < -0.3 is 4.74 Å². The van der Waals surface area contributed by atoms with Gasteiger partial charge in [0.15, 0.2) is 0 Å². The molecule has 1 aromatic carbocycles. The molecule has 1 heterocycles. The molecule has 0 bridgehead atoms. The molecule has 1 aliphatic heterocycles.